The van der Waals surface area contributed by atoms with Gasteiger partial charge in [-0.25, -0.2) is 0 Å². The number of ether oxygens (including phenoxy) is 1. The van der Waals surface area contributed by atoms with Crippen LogP contribution in [0.25, 0.3) is 6.08 Å². The minimum atomic E-state index is 0.538. The van der Waals surface area contributed by atoms with Gasteiger partial charge in [0.15, 0.2) is 0 Å². The van der Waals surface area contributed by atoms with Crippen LogP contribution in [0.5, 0.6) is 5.75 Å². The molecule has 1 aromatic rings. The van der Waals surface area contributed by atoms with E-state index >= 15 is 0 Å². The van der Waals surface area contributed by atoms with Gasteiger partial charge in [-0.05, 0) is 24.1 Å². The molecule has 13 heavy (non-hydrogen) atoms. The van der Waals surface area contributed by atoms with E-state index in [0.717, 1.165) is 16.9 Å². The molecular weight excluding hydrogens is 184 g/mol. The first-order valence-electron chi connectivity index (χ1n) is 4.15. The van der Waals surface area contributed by atoms with Gasteiger partial charge in [-0.2, -0.15) is 0 Å². The highest BCUT2D eigenvalue weighted by atomic mass is 35.5. The molecule has 0 atom stereocenters. The second-order valence-corrected chi connectivity index (χ2v) is 3.09. The topological polar surface area (TPSA) is 9.23 Å². The predicted octanol–water partition coefficient (Wildman–Crippen LogP) is 3.26. The zero-order valence-electron chi connectivity index (χ0n) is 7.88. The smallest absolute Gasteiger partial charge is 0.122 e. The van der Waals surface area contributed by atoms with Crippen molar-refractivity contribution in [2.45, 2.75) is 6.92 Å². The summed E-state index contributed by atoms with van der Waals surface area (Å²) in [6.07, 6.45) is 3.89. The number of rotatable bonds is 3. The van der Waals surface area contributed by atoms with Crippen LogP contribution in [0.3, 0.4) is 0 Å². The third-order valence-corrected chi connectivity index (χ3v) is 2.01. The maximum absolute atomic E-state index is 5.54. The first-order chi connectivity index (χ1) is 6.27. The van der Waals surface area contributed by atoms with Crippen LogP contribution in [-0.2, 0) is 0 Å². The minimum absolute atomic E-state index is 0.538. The Morgan fingerprint density at radius 1 is 1.46 bits per heavy atom. The molecule has 0 radical (unpaired) electrons. The molecule has 0 fully saturated rings. The number of benzene rings is 1. The van der Waals surface area contributed by atoms with Gasteiger partial charge < -0.3 is 4.74 Å². The van der Waals surface area contributed by atoms with E-state index in [2.05, 4.69) is 0 Å². The highest BCUT2D eigenvalue weighted by molar-refractivity contribution is 6.19. The lowest BCUT2D eigenvalue weighted by Crippen LogP contribution is -1.87. The average Bonchev–Trinajstić information content (AvgIpc) is 2.16. The van der Waals surface area contributed by atoms with Crippen LogP contribution in [0.1, 0.15) is 11.1 Å². The standard InChI is InChI=1S/C11H13ClO/c1-9-5-6-10(4-3-7-12)8-11(9)13-2/h3-6,8H,7H2,1-2H3. The Morgan fingerprint density at radius 3 is 2.85 bits per heavy atom. The minimum Gasteiger partial charge on any atom is -0.496 e. The molecule has 0 bridgehead atoms. The molecule has 0 aromatic heterocycles. The summed E-state index contributed by atoms with van der Waals surface area (Å²) in [6, 6.07) is 6.08. The molecule has 70 valence electrons. The van der Waals surface area contributed by atoms with Crippen molar-refractivity contribution < 1.29 is 4.74 Å². The van der Waals surface area contributed by atoms with Gasteiger partial charge in [-0.15, -0.1) is 11.6 Å². The molecule has 1 rings (SSSR count). The molecule has 1 aromatic carbocycles. The van der Waals surface area contributed by atoms with Crippen LogP contribution >= 0.6 is 11.6 Å². The van der Waals surface area contributed by atoms with Gasteiger partial charge in [0.2, 0.25) is 0 Å². The summed E-state index contributed by atoms with van der Waals surface area (Å²) in [5, 5.41) is 0. The monoisotopic (exact) mass is 196 g/mol. The van der Waals surface area contributed by atoms with Crippen molar-refractivity contribution in [2.75, 3.05) is 13.0 Å². The van der Waals surface area contributed by atoms with Gasteiger partial charge in [0.05, 0.1) is 7.11 Å². The number of hydrogen-bond donors (Lipinski definition) is 0. The van der Waals surface area contributed by atoms with E-state index in [1.807, 2.05) is 37.3 Å². The summed E-state index contributed by atoms with van der Waals surface area (Å²) in [5.41, 5.74) is 2.26. The number of allylic oxidation sites excluding steroid dienone is 1. The van der Waals surface area contributed by atoms with Gasteiger partial charge in [0.1, 0.15) is 5.75 Å². The molecule has 0 aliphatic carbocycles. The van der Waals surface area contributed by atoms with Gasteiger partial charge >= 0.3 is 0 Å². The SMILES string of the molecule is COc1cc(C=CCCl)ccc1C. The van der Waals surface area contributed by atoms with Crippen LogP contribution < -0.4 is 4.74 Å². The van der Waals surface area contributed by atoms with E-state index in [4.69, 9.17) is 16.3 Å². The Balaban J connectivity index is 2.92. The Hall–Kier alpha value is -0.950. The molecule has 0 spiro atoms. The maximum atomic E-state index is 5.54. The van der Waals surface area contributed by atoms with Crippen LogP contribution in [0, 0.1) is 6.92 Å². The van der Waals surface area contributed by atoms with Gasteiger partial charge in [0.25, 0.3) is 0 Å². The summed E-state index contributed by atoms with van der Waals surface area (Å²) >= 11 is 5.54. The fourth-order valence-corrected chi connectivity index (χ4v) is 1.21. The third kappa shape index (κ3) is 2.78. The molecular formula is C11H13ClO. The highest BCUT2D eigenvalue weighted by Crippen LogP contribution is 2.19. The van der Waals surface area contributed by atoms with Crippen molar-refractivity contribution in [3.8, 4) is 5.75 Å². The molecule has 0 saturated heterocycles. The van der Waals surface area contributed by atoms with Crippen molar-refractivity contribution in [1.82, 2.24) is 0 Å². The molecule has 0 unspecified atom stereocenters. The molecule has 1 nitrogen and oxygen atoms in total. The van der Waals surface area contributed by atoms with Crippen LogP contribution in [0.15, 0.2) is 24.3 Å². The van der Waals surface area contributed by atoms with Crippen molar-refractivity contribution >= 4 is 17.7 Å². The maximum Gasteiger partial charge on any atom is 0.122 e. The fourth-order valence-electron chi connectivity index (χ4n) is 1.12. The zero-order valence-corrected chi connectivity index (χ0v) is 8.64. The molecule has 2 heteroatoms. The molecule has 0 heterocycles. The van der Waals surface area contributed by atoms with E-state index in [-0.39, 0.29) is 0 Å². The van der Waals surface area contributed by atoms with Crippen molar-refractivity contribution in [1.29, 1.82) is 0 Å². The normalized spacial score (nSPS) is 10.7. The largest absolute Gasteiger partial charge is 0.496 e. The first kappa shape index (κ1) is 10.1. The van der Waals surface area contributed by atoms with Crippen molar-refractivity contribution in [2.24, 2.45) is 0 Å². The van der Waals surface area contributed by atoms with Crippen LogP contribution in [-0.4, -0.2) is 13.0 Å². The van der Waals surface area contributed by atoms with Crippen molar-refractivity contribution in [3.63, 3.8) is 0 Å². The Labute approximate surface area is 84.0 Å². The first-order valence-corrected chi connectivity index (χ1v) is 4.68. The van der Waals surface area contributed by atoms with Gasteiger partial charge in [0, 0.05) is 5.88 Å². The van der Waals surface area contributed by atoms with E-state index in [0.29, 0.717) is 5.88 Å². The quantitative estimate of drug-likeness (QED) is 0.675. The summed E-state index contributed by atoms with van der Waals surface area (Å²) in [7, 11) is 1.68. The lowest BCUT2D eigenvalue weighted by Gasteiger charge is -2.04. The number of halogens is 1. The summed E-state index contributed by atoms with van der Waals surface area (Å²) in [4.78, 5) is 0. The summed E-state index contributed by atoms with van der Waals surface area (Å²) in [5.74, 6) is 1.45. The second-order valence-electron chi connectivity index (χ2n) is 2.79. The van der Waals surface area contributed by atoms with E-state index in [1.165, 1.54) is 0 Å². The van der Waals surface area contributed by atoms with E-state index in [9.17, 15) is 0 Å². The summed E-state index contributed by atoms with van der Waals surface area (Å²) < 4.78 is 5.20. The fraction of sp³-hybridized carbons (Fsp3) is 0.273. The second kappa shape index (κ2) is 4.93. The number of methoxy groups -OCH3 is 1. The molecule has 0 amide bonds. The van der Waals surface area contributed by atoms with Crippen LogP contribution in [0.4, 0.5) is 0 Å². The predicted molar refractivity (Wildman–Crippen MR) is 57.5 cm³/mol. The summed E-state index contributed by atoms with van der Waals surface area (Å²) in [6.45, 7) is 2.02. The van der Waals surface area contributed by atoms with Crippen molar-refractivity contribution in [3.05, 3.63) is 35.4 Å². The van der Waals surface area contributed by atoms with Gasteiger partial charge in [-0.3, -0.25) is 0 Å². The molecule has 0 aliphatic heterocycles. The number of aryl methyl sites for hydroxylation is 1. The number of alkyl halides is 1. The molecule has 0 saturated carbocycles. The lowest BCUT2D eigenvalue weighted by atomic mass is 10.1. The van der Waals surface area contributed by atoms with Gasteiger partial charge in [-0.1, -0.05) is 24.3 Å². The van der Waals surface area contributed by atoms with E-state index < -0.39 is 0 Å². The number of hydrogen-bond acceptors (Lipinski definition) is 1. The molecule has 0 aliphatic rings. The average molecular weight is 197 g/mol. The Morgan fingerprint density at radius 2 is 2.23 bits per heavy atom. The third-order valence-electron chi connectivity index (χ3n) is 1.83. The van der Waals surface area contributed by atoms with Crippen LogP contribution in [0.2, 0.25) is 0 Å². The molecule has 0 N–H and O–H groups in total. The highest BCUT2D eigenvalue weighted by Gasteiger charge is 1.96. The zero-order chi connectivity index (χ0) is 9.68. The lowest BCUT2D eigenvalue weighted by molar-refractivity contribution is 0.411. The Kier molecular flexibility index (Phi) is 3.84. The Bertz CT molecular complexity index is 305. The van der Waals surface area contributed by atoms with E-state index in [1.54, 1.807) is 7.11 Å².